The summed E-state index contributed by atoms with van der Waals surface area (Å²) in [7, 11) is 0. The van der Waals surface area contributed by atoms with Gasteiger partial charge in [0.2, 0.25) is 0 Å². The topological polar surface area (TPSA) is 33.6 Å². The Labute approximate surface area is 344 Å². The molecule has 0 unspecified atom stereocenters. The van der Waals surface area contributed by atoms with Crippen molar-refractivity contribution < 1.29 is 79.0 Å². The first-order chi connectivity index (χ1) is 29.5. The molecule has 2 heterocycles. The summed E-state index contributed by atoms with van der Waals surface area (Å²) in [5, 5.41) is 9.22. The molecule has 2 aromatic heterocycles. The Morgan fingerprint density at radius 1 is 0.344 bits per heavy atom. The van der Waals surface area contributed by atoms with E-state index < -0.39 is 121 Å². The molecule has 21 heteroatoms. The van der Waals surface area contributed by atoms with E-state index >= 15 is 13.2 Å². The van der Waals surface area contributed by atoms with Crippen molar-refractivity contribution in [3.8, 4) is 28.6 Å². The fourth-order valence-corrected chi connectivity index (χ4v) is 7.74. The maximum atomic E-state index is 15.2. The monoisotopic (exact) mass is 917 g/mol. The lowest BCUT2D eigenvalue weighted by atomic mass is 9.92. The van der Waals surface area contributed by atoms with Crippen LogP contribution in [0.5, 0.6) is 0 Å². The molecule has 0 spiro atoms. The van der Waals surface area contributed by atoms with Crippen molar-refractivity contribution in [2.24, 2.45) is 0 Å². The summed E-state index contributed by atoms with van der Waals surface area (Å²) in [5.74, 6) is 0. The van der Waals surface area contributed by atoms with Gasteiger partial charge in [-0.3, -0.25) is 0 Å². The molecule has 0 fully saturated rings. The number of nitrogens with zero attached hydrogens (tertiary/aromatic N) is 3. The molecule has 0 saturated carbocycles. The molecule has 8 rings (SSSR count). The third kappa shape index (κ3) is 7.37. The van der Waals surface area contributed by atoms with Crippen molar-refractivity contribution in [1.29, 1.82) is 5.26 Å². The second-order valence-corrected chi connectivity index (χ2v) is 14.3. The average molecular weight is 918 g/mol. The molecule has 0 aliphatic heterocycles. The first kappa shape index (κ1) is 43.8. The van der Waals surface area contributed by atoms with Gasteiger partial charge in [-0.05, 0) is 78.4 Å². The number of rotatable bonds is 3. The first-order valence-corrected chi connectivity index (χ1v) is 17.8. The van der Waals surface area contributed by atoms with Gasteiger partial charge in [0.15, 0.2) is 0 Å². The first-order valence-electron chi connectivity index (χ1n) is 17.8. The van der Waals surface area contributed by atoms with Crippen LogP contribution in [0.2, 0.25) is 0 Å². The Morgan fingerprint density at radius 3 is 0.891 bits per heavy atom. The second-order valence-electron chi connectivity index (χ2n) is 14.3. The number of halogens is 18. The molecule has 0 N–H and O–H groups in total. The van der Waals surface area contributed by atoms with Gasteiger partial charge in [0.05, 0.1) is 78.5 Å². The zero-order valence-electron chi connectivity index (χ0n) is 31.0. The minimum atomic E-state index is -5.81. The Hall–Kier alpha value is -6.85. The van der Waals surface area contributed by atoms with Gasteiger partial charge in [-0.15, -0.1) is 0 Å². The lowest BCUT2D eigenvalue weighted by Crippen LogP contribution is -2.14. The SMILES string of the molecule is N#Cc1cc(-n2c3cc(C(F)(F)F)ccc3c3ccc(C(F)(F)F)cc32)c(-c2ccc(C(F)(F)F)cc2C(F)(F)F)c(-n2c3cc(C(F)(F)F)ccc3c3ccc(C(F)(F)F)cc32)c1. The van der Waals surface area contributed by atoms with Crippen LogP contribution in [0.4, 0.5) is 79.0 Å². The Kier molecular flexibility index (Phi) is 9.63. The highest BCUT2D eigenvalue weighted by atomic mass is 19.4. The van der Waals surface area contributed by atoms with Crippen molar-refractivity contribution in [3.05, 3.63) is 142 Å². The zero-order valence-corrected chi connectivity index (χ0v) is 31.0. The van der Waals surface area contributed by atoms with E-state index in [0.29, 0.717) is 69.8 Å². The summed E-state index contributed by atoms with van der Waals surface area (Å²) in [6, 6.07) is 9.74. The highest BCUT2D eigenvalue weighted by Gasteiger charge is 2.41. The Balaban J connectivity index is 1.69. The highest BCUT2D eigenvalue weighted by Crippen LogP contribution is 2.49. The number of aromatic nitrogens is 2. The van der Waals surface area contributed by atoms with E-state index in [2.05, 4.69) is 0 Å². The Bertz CT molecular complexity index is 2940. The molecule has 0 atom stereocenters. The number of fused-ring (bicyclic) bond motifs is 6. The van der Waals surface area contributed by atoms with Crippen LogP contribution in [-0.4, -0.2) is 9.13 Å². The molecule has 0 aliphatic rings. The van der Waals surface area contributed by atoms with E-state index in [-0.39, 0.29) is 39.7 Å². The van der Waals surface area contributed by atoms with Crippen molar-refractivity contribution in [3.63, 3.8) is 0 Å². The van der Waals surface area contributed by atoms with Gasteiger partial charge in [-0.25, -0.2) is 0 Å². The van der Waals surface area contributed by atoms with Crippen LogP contribution >= 0.6 is 0 Å². The summed E-state index contributed by atoms with van der Waals surface area (Å²) in [6.07, 6.45) is -32.1. The van der Waals surface area contributed by atoms with Crippen molar-refractivity contribution in [1.82, 2.24) is 9.13 Å². The molecule has 330 valence electrons. The van der Waals surface area contributed by atoms with Crippen LogP contribution in [0.25, 0.3) is 66.1 Å². The van der Waals surface area contributed by atoms with Crippen LogP contribution in [0, 0.1) is 11.3 Å². The molecule has 0 radical (unpaired) electrons. The summed E-state index contributed by atoms with van der Waals surface area (Å²) in [4.78, 5) is 0. The van der Waals surface area contributed by atoms with Crippen molar-refractivity contribution >= 4 is 43.6 Å². The Morgan fingerprint density at radius 2 is 0.625 bits per heavy atom. The lowest BCUT2D eigenvalue weighted by Gasteiger charge is -2.24. The number of nitriles is 1. The van der Waals surface area contributed by atoms with Gasteiger partial charge >= 0.3 is 37.1 Å². The minimum absolute atomic E-state index is 0.126. The van der Waals surface area contributed by atoms with Gasteiger partial charge in [0.25, 0.3) is 0 Å². The number of hydrogen-bond acceptors (Lipinski definition) is 1. The van der Waals surface area contributed by atoms with Gasteiger partial charge in [0, 0.05) is 27.1 Å². The number of benzene rings is 6. The van der Waals surface area contributed by atoms with Gasteiger partial charge < -0.3 is 9.13 Å². The van der Waals surface area contributed by atoms with E-state index in [9.17, 15) is 71.1 Å². The predicted molar refractivity (Wildman–Crippen MR) is 195 cm³/mol. The van der Waals surface area contributed by atoms with Gasteiger partial charge in [-0.1, -0.05) is 30.3 Å². The molecular weight excluding hydrogens is 900 g/mol. The largest absolute Gasteiger partial charge is 0.417 e. The molecule has 0 bridgehead atoms. The van der Waals surface area contributed by atoms with Crippen LogP contribution in [-0.2, 0) is 37.1 Å². The molecule has 0 saturated heterocycles. The summed E-state index contributed by atoms with van der Waals surface area (Å²) in [5.41, 5.74) is -17.8. The average Bonchev–Trinajstić information content (AvgIpc) is 3.69. The third-order valence-electron chi connectivity index (χ3n) is 10.5. The summed E-state index contributed by atoms with van der Waals surface area (Å²) < 4.78 is 261. The summed E-state index contributed by atoms with van der Waals surface area (Å²) >= 11 is 0. The van der Waals surface area contributed by atoms with E-state index in [1.165, 1.54) is 0 Å². The van der Waals surface area contributed by atoms with E-state index in [1.807, 2.05) is 0 Å². The van der Waals surface area contributed by atoms with Gasteiger partial charge in [0.1, 0.15) is 0 Å². The van der Waals surface area contributed by atoms with Crippen LogP contribution < -0.4 is 0 Å². The molecular formula is C43H17F18N3. The smallest absolute Gasteiger partial charge is 0.308 e. The van der Waals surface area contributed by atoms with Gasteiger partial charge in [-0.2, -0.15) is 84.3 Å². The standard InChI is InChI=1S/C43H17F18N3/c44-38(45,46)20-5-10-29(30(13-20)43(59,60)61)37-35(63-31-14-21(39(47,48)49)1-6-25(31)26-7-2-22(15-32(26)63)40(50,51)52)11-19(18-62)12-36(37)64-33-16-23(41(53,54)55)3-8-27(33)28-9-4-24(17-34(28)64)42(56,57)58/h1-17H. The maximum Gasteiger partial charge on any atom is 0.417 e. The molecule has 64 heavy (non-hydrogen) atoms. The molecule has 8 aromatic rings. The molecule has 6 aromatic carbocycles. The highest BCUT2D eigenvalue weighted by molar-refractivity contribution is 6.12. The lowest BCUT2D eigenvalue weighted by molar-refractivity contribution is -0.143. The molecule has 0 amide bonds. The van der Waals surface area contributed by atoms with Crippen molar-refractivity contribution in [2.75, 3.05) is 0 Å². The predicted octanol–water partition coefficient (Wildman–Crippen LogP) is 15.5. The van der Waals surface area contributed by atoms with Crippen molar-refractivity contribution in [2.45, 2.75) is 37.1 Å². The molecule has 3 nitrogen and oxygen atoms in total. The fraction of sp³-hybridized carbons (Fsp3) is 0.140. The van der Waals surface area contributed by atoms with E-state index in [0.717, 1.165) is 24.3 Å². The number of hydrogen-bond donors (Lipinski definition) is 0. The fourth-order valence-electron chi connectivity index (χ4n) is 7.74. The van der Waals surface area contributed by atoms with Crippen LogP contribution in [0.15, 0.2) is 103 Å². The van der Waals surface area contributed by atoms with E-state index in [4.69, 9.17) is 0 Å². The van der Waals surface area contributed by atoms with Crippen LogP contribution in [0.3, 0.4) is 0 Å². The van der Waals surface area contributed by atoms with Crippen LogP contribution in [0.1, 0.15) is 38.9 Å². The third-order valence-corrected chi connectivity index (χ3v) is 10.5. The molecule has 0 aliphatic carbocycles. The quantitative estimate of drug-likeness (QED) is 0.163. The second kappa shape index (κ2) is 14.1. The number of alkyl halides is 18. The zero-order chi connectivity index (χ0) is 46.9. The van der Waals surface area contributed by atoms with E-state index in [1.54, 1.807) is 6.07 Å². The minimum Gasteiger partial charge on any atom is -0.308 e. The maximum absolute atomic E-state index is 15.2. The summed E-state index contributed by atoms with van der Waals surface area (Å²) in [6.45, 7) is 0. The normalized spacial score (nSPS) is 13.5.